The minimum Gasteiger partial charge on any atom is -0.399 e. The molecule has 2 N–H and O–H groups in total. The lowest BCUT2D eigenvalue weighted by Crippen LogP contribution is -2.30. The predicted octanol–water partition coefficient (Wildman–Crippen LogP) is 4.57. The van der Waals surface area contributed by atoms with Crippen LogP contribution in [0.4, 0.5) is 5.69 Å². The Morgan fingerprint density at radius 1 is 1.43 bits per heavy atom. The molecule has 0 bridgehead atoms. The fraction of sp³-hybridized carbons (Fsp3) is 0.133. The quantitative estimate of drug-likeness (QED) is 0.605. The van der Waals surface area contributed by atoms with Gasteiger partial charge in [0.25, 0.3) is 5.91 Å². The van der Waals surface area contributed by atoms with E-state index in [2.05, 4.69) is 22.5 Å². The molecule has 0 aliphatic carbocycles. The average Bonchev–Trinajstić information content (AvgIpc) is 2.82. The molecule has 1 aromatic heterocycles. The summed E-state index contributed by atoms with van der Waals surface area (Å²) in [6.07, 6.45) is 1.70. The minimum absolute atomic E-state index is 0.0903. The molecule has 0 saturated heterocycles. The second-order valence-electron chi connectivity index (χ2n) is 4.45. The highest BCUT2D eigenvalue weighted by Gasteiger charge is 2.16. The number of hydrogen-bond acceptors (Lipinski definition) is 3. The second-order valence-corrected chi connectivity index (χ2v) is 7.17. The van der Waals surface area contributed by atoms with Crippen molar-refractivity contribution in [1.82, 2.24) is 4.90 Å². The van der Waals surface area contributed by atoms with Crippen LogP contribution in [0.3, 0.4) is 0 Å². The topological polar surface area (TPSA) is 46.3 Å². The van der Waals surface area contributed by atoms with Crippen LogP contribution < -0.4 is 5.73 Å². The van der Waals surface area contributed by atoms with E-state index in [-0.39, 0.29) is 5.91 Å². The van der Waals surface area contributed by atoms with Crippen LogP contribution in [0, 0.1) is 0 Å². The molecule has 2 rings (SSSR count). The lowest BCUT2D eigenvalue weighted by molar-refractivity contribution is 0.0764. The van der Waals surface area contributed by atoms with Crippen LogP contribution in [0.15, 0.2) is 47.5 Å². The molecule has 1 aromatic carbocycles. The first kappa shape index (κ1) is 16.1. The van der Waals surface area contributed by atoms with E-state index in [1.165, 1.54) is 11.3 Å². The van der Waals surface area contributed by atoms with Crippen LogP contribution in [-0.2, 0) is 6.54 Å². The van der Waals surface area contributed by atoms with Gasteiger partial charge in [0.1, 0.15) is 0 Å². The molecule has 0 saturated carbocycles. The minimum atomic E-state index is -0.0903. The van der Waals surface area contributed by atoms with Gasteiger partial charge < -0.3 is 10.6 Å². The third-order valence-electron chi connectivity index (χ3n) is 2.78. The summed E-state index contributed by atoms with van der Waals surface area (Å²) in [6, 6.07) is 8.94. The summed E-state index contributed by atoms with van der Waals surface area (Å²) >= 11 is 10.7. The highest BCUT2D eigenvalue weighted by molar-refractivity contribution is 9.10. The van der Waals surface area contributed by atoms with Crippen molar-refractivity contribution in [2.24, 2.45) is 0 Å². The monoisotopic (exact) mass is 384 g/mol. The summed E-state index contributed by atoms with van der Waals surface area (Å²) in [5, 5.41) is 0. The number of anilines is 1. The maximum absolute atomic E-state index is 12.6. The Morgan fingerprint density at radius 2 is 2.19 bits per heavy atom. The molecule has 0 aliphatic rings. The Hall–Kier alpha value is -1.30. The number of amides is 1. The Labute approximate surface area is 141 Å². The van der Waals surface area contributed by atoms with E-state index in [4.69, 9.17) is 17.3 Å². The molecule has 2 aromatic rings. The highest BCUT2D eigenvalue weighted by Crippen LogP contribution is 2.24. The molecular weight excluding hydrogens is 372 g/mol. The van der Waals surface area contributed by atoms with Gasteiger partial charge >= 0.3 is 0 Å². The number of carbonyl (C=O) groups excluding carboxylic acids is 1. The molecule has 21 heavy (non-hydrogen) atoms. The third-order valence-corrected chi connectivity index (χ3v) is 4.45. The molecule has 1 amide bonds. The van der Waals surface area contributed by atoms with Gasteiger partial charge in [0.05, 0.1) is 10.9 Å². The number of nitrogens with zero attached hydrogens (tertiary/aromatic N) is 1. The molecule has 0 atom stereocenters. The number of rotatable bonds is 5. The van der Waals surface area contributed by atoms with E-state index in [1.54, 1.807) is 29.2 Å². The van der Waals surface area contributed by atoms with Crippen molar-refractivity contribution in [3.8, 4) is 0 Å². The molecule has 0 spiro atoms. The van der Waals surface area contributed by atoms with Gasteiger partial charge in [0.15, 0.2) is 0 Å². The number of hydrogen-bond donors (Lipinski definition) is 1. The lowest BCUT2D eigenvalue weighted by atomic mass is 10.1. The van der Waals surface area contributed by atoms with Gasteiger partial charge in [-0.15, -0.1) is 17.9 Å². The summed E-state index contributed by atoms with van der Waals surface area (Å²) in [6.45, 7) is 4.66. The second kappa shape index (κ2) is 7.11. The standard InChI is InChI=1S/C15H14BrClN2OS/c1-2-5-19(9-13-3-4-14(17)21-13)15(20)10-6-11(16)8-12(18)7-10/h2-4,6-8H,1,5,9,18H2. The molecule has 110 valence electrons. The number of carbonyl (C=O) groups is 1. The Bertz CT molecular complexity index is 651. The summed E-state index contributed by atoms with van der Waals surface area (Å²) in [5.74, 6) is -0.0903. The molecule has 1 heterocycles. The molecule has 3 nitrogen and oxygen atoms in total. The Kier molecular flexibility index (Phi) is 5.45. The zero-order valence-corrected chi connectivity index (χ0v) is 14.3. The SMILES string of the molecule is C=CCN(Cc1ccc(Cl)s1)C(=O)c1cc(N)cc(Br)c1. The number of nitrogens with two attached hydrogens (primary N) is 1. The van der Waals surface area contributed by atoms with E-state index in [0.717, 1.165) is 9.35 Å². The van der Waals surface area contributed by atoms with Gasteiger partial charge in [0.2, 0.25) is 0 Å². The Balaban J connectivity index is 2.24. The van der Waals surface area contributed by atoms with Crippen molar-refractivity contribution in [2.45, 2.75) is 6.54 Å². The zero-order chi connectivity index (χ0) is 15.4. The van der Waals surface area contributed by atoms with Gasteiger partial charge in [0, 0.05) is 27.1 Å². The molecule has 0 radical (unpaired) electrons. The maximum atomic E-state index is 12.6. The van der Waals surface area contributed by atoms with Crippen molar-refractivity contribution in [1.29, 1.82) is 0 Å². The largest absolute Gasteiger partial charge is 0.399 e. The highest BCUT2D eigenvalue weighted by atomic mass is 79.9. The van der Waals surface area contributed by atoms with Crippen molar-refractivity contribution < 1.29 is 4.79 Å². The zero-order valence-electron chi connectivity index (χ0n) is 11.2. The maximum Gasteiger partial charge on any atom is 0.254 e. The van der Waals surface area contributed by atoms with E-state index < -0.39 is 0 Å². The first-order chi connectivity index (χ1) is 9.99. The number of halogens is 2. The summed E-state index contributed by atoms with van der Waals surface area (Å²) in [7, 11) is 0. The molecule has 0 aliphatic heterocycles. The molecule has 6 heteroatoms. The van der Waals surface area contributed by atoms with E-state index >= 15 is 0 Å². The number of benzene rings is 1. The first-order valence-corrected chi connectivity index (χ1v) is 8.19. The van der Waals surface area contributed by atoms with Gasteiger partial charge in [-0.05, 0) is 30.3 Å². The van der Waals surface area contributed by atoms with Gasteiger partial charge in [-0.25, -0.2) is 0 Å². The van der Waals surface area contributed by atoms with Crippen LogP contribution in [-0.4, -0.2) is 17.4 Å². The molecular formula is C15H14BrClN2OS. The lowest BCUT2D eigenvalue weighted by Gasteiger charge is -2.21. The van der Waals surface area contributed by atoms with Gasteiger partial charge in [-0.3, -0.25) is 4.79 Å². The van der Waals surface area contributed by atoms with Crippen molar-refractivity contribution in [3.63, 3.8) is 0 Å². The normalized spacial score (nSPS) is 10.4. The predicted molar refractivity (Wildman–Crippen MR) is 92.8 cm³/mol. The van der Waals surface area contributed by atoms with E-state index in [1.807, 2.05) is 12.1 Å². The average molecular weight is 386 g/mol. The fourth-order valence-electron chi connectivity index (χ4n) is 1.92. The summed E-state index contributed by atoms with van der Waals surface area (Å²) in [4.78, 5) is 15.4. The van der Waals surface area contributed by atoms with Crippen LogP contribution >= 0.6 is 38.9 Å². The first-order valence-electron chi connectivity index (χ1n) is 6.20. The van der Waals surface area contributed by atoms with Crippen molar-refractivity contribution >= 4 is 50.5 Å². The number of nitrogen functional groups attached to an aromatic ring is 1. The number of thiophene rings is 1. The third kappa shape index (κ3) is 4.33. The van der Waals surface area contributed by atoms with E-state index in [0.29, 0.717) is 28.7 Å². The fourth-order valence-corrected chi connectivity index (χ4v) is 3.53. The van der Waals surface area contributed by atoms with Gasteiger partial charge in [-0.2, -0.15) is 0 Å². The van der Waals surface area contributed by atoms with Crippen molar-refractivity contribution in [2.75, 3.05) is 12.3 Å². The Morgan fingerprint density at radius 3 is 2.76 bits per heavy atom. The summed E-state index contributed by atoms with van der Waals surface area (Å²) < 4.78 is 1.49. The van der Waals surface area contributed by atoms with Gasteiger partial charge in [-0.1, -0.05) is 33.6 Å². The molecule has 0 unspecified atom stereocenters. The van der Waals surface area contributed by atoms with Crippen molar-refractivity contribution in [3.05, 3.63) is 62.2 Å². The van der Waals surface area contributed by atoms with Crippen LogP contribution in [0.5, 0.6) is 0 Å². The van der Waals surface area contributed by atoms with Crippen LogP contribution in [0.2, 0.25) is 4.34 Å². The smallest absolute Gasteiger partial charge is 0.254 e. The molecule has 0 fully saturated rings. The summed E-state index contributed by atoms with van der Waals surface area (Å²) in [5.41, 5.74) is 6.89. The van der Waals surface area contributed by atoms with Crippen LogP contribution in [0.1, 0.15) is 15.2 Å². The van der Waals surface area contributed by atoms with Crippen LogP contribution in [0.25, 0.3) is 0 Å². The van der Waals surface area contributed by atoms with E-state index in [9.17, 15) is 4.79 Å².